The van der Waals surface area contributed by atoms with Crippen molar-refractivity contribution in [3.8, 4) is 11.8 Å². The van der Waals surface area contributed by atoms with E-state index >= 15 is 0 Å². The fourth-order valence-corrected chi connectivity index (χ4v) is 1.80. The normalized spacial score (nSPS) is 12.3. The van der Waals surface area contributed by atoms with Crippen LogP contribution in [-0.2, 0) is 4.79 Å². The number of carbonyl (C=O) groups is 1. The van der Waals surface area contributed by atoms with Gasteiger partial charge in [0, 0.05) is 6.54 Å². The lowest BCUT2D eigenvalue weighted by atomic mass is 9.97. The van der Waals surface area contributed by atoms with Crippen molar-refractivity contribution >= 4 is 5.91 Å². The summed E-state index contributed by atoms with van der Waals surface area (Å²) in [5.41, 5.74) is -0.504. The molecule has 0 aliphatic rings. The molecule has 1 atom stereocenters. The van der Waals surface area contributed by atoms with E-state index in [0.29, 0.717) is 24.2 Å². The van der Waals surface area contributed by atoms with Crippen LogP contribution >= 0.6 is 0 Å². The van der Waals surface area contributed by atoms with E-state index in [1.165, 1.54) is 0 Å². The molecule has 0 spiro atoms. The van der Waals surface area contributed by atoms with Crippen LogP contribution in [-0.4, -0.2) is 29.3 Å². The molecule has 0 saturated heterocycles. The first-order valence-corrected chi connectivity index (χ1v) is 7.11. The number of aliphatic hydroxyl groups is 1. The lowest BCUT2D eigenvalue weighted by Crippen LogP contribution is -2.46. The summed E-state index contributed by atoms with van der Waals surface area (Å²) in [6.07, 6.45) is 0.393. The molecule has 0 heterocycles. The number of amides is 1. The van der Waals surface area contributed by atoms with Crippen LogP contribution in [0.4, 0.5) is 0 Å². The maximum atomic E-state index is 12.0. The molecule has 0 bridgehead atoms. The Kier molecular flexibility index (Phi) is 6.19. The monoisotopic (exact) mass is 290 g/mol. The number of benzene rings is 1. The van der Waals surface area contributed by atoms with Crippen molar-refractivity contribution in [1.29, 1.82) is 5.26 Å². The zero-order chi connectivity index (χ0) is 15.9. The Balaban J connectivity index is 2.62. The summed E-state index contributed by atoms with van der Waals surface area (Å²) < 4.78 is 5.51. The number of hydrogen-bond acceptors (Lipinski definition) is 4. The quantitative estimate of drug-likeness (QED) is 0.804. The van der Waals surface area contributed by atoms with E-state index in [1.807, 2.05) is 19.9 Å². The molecule has 1 unspecified atom stereocenters. The van der Waals surface area contributed by atoms with Gasteiger partial charge in [-0.05, 0) is 31.9 Å². The highest BCUT2D eigenvalue weighted by atomic mass is 16.5. The van der Waals surface area contributed by atoms with Gasteiger partial charge in [-0.1, -0.05) is 26.0 Å². The van der Waals surface area contributed by atoms with Crippen molar-refractivity contribution in [2.45, 2.75) is 45.3 Å². The van der Waals surface area contributed by atoms with Crippen LogP contribution in [0, 0.1) is 11.3 Å². The van der Waals surface area contributed by atoms with Crippen molar-refractivity contribution in [3.05, 3.63) is 29.8 Å². The molecule has 1 amide bonds. The van der Waals surface area contributed by atoms with Gasteiger partial charge in [-0.3, -0.25) is 4.79 Å². The Morgan fingerprint density at radius 1 is 1.43 bits per heavy atom. The predicted octanol–water partition coefficient (Wildman–Crippen LogP) is 1.99. The third kappa shape index (κ3) is 4.76. The number of para-hydroxylation sites is 1. The van der Waals surface area contributed by atoms with Crippen LogP contribution in [0.1, 0.15) is 39.2 Å². The van der Waals surface area contributed by atoms with E-state index in [-0.39, 0.29) is 12.5 Å². The Bertz CT molecular complexity index is 518. The number of nitrogens with one attached hydrogen (secondary N) is 1. The molecule has 0 aliphatic carbocycles. The molecule has 0 fully saturated rings. The SMILES string of the molecule is CCC(O)(CC)CNC(=O)C(C)Oc1ccccc1C#N. The number of nitriles is 1. The largest absolute Gasteiger partial charge is 0.480 e. The number of nitrogens with zero attached hydrogens (tertiary/aromatic N) is 1. The molecular formula is C16H22N2O3. The molecule has 1 rings (SSSR count). The first-order valence-electron chi connectivity index (χ1n) is 7.11. The highest BCUT2D eigenvalue weighted by Crippen LogP contribution is 2.18. The van der Waals surface area contributed by atoms with Crippen molar-refractivity contribution < 1.29 is 14.6 Å². The number of carbonyl (C=O) groups excluding carboxylic acids is 1. The molecule has 21 heavy (non-hydrogen) atoms. The van der Waals surface area contributed by atoms with Crippen molar-refractivity contribution in [1.82, 2.24) is 5.32 Å². The highest BCUT2D eigenvalue weighted by Gasteiger charge is 2.24. The topological polar surface area (TPSA) is 82.3 Å². The Morgan fingerprint density at radius 2 is 2.05 bits per heavy atom. The Hall–Kier alpha value is -2.06. The van der Waals surface area contributed by atoms with Crippen molar-refractivity contribution in [3.63, 3.8) is 0 Å². The van der Waals surface area contributed by atoms with Crippen LogP contribution in [0.3, 0.4) is 0 Å². The molecule has 0 saturated carbocycles. The second kappa shape index (κ2) is 7.65. The molecule has 2 N–H and O–H groups in total. The minimum absolute atomic E-state index is 0.187. The first-order chi connectivity index (χ1) is 9.95. The third-order valence-electron chi connectivity index (χ3n) is 3.59. The summed E-state index contributed by atoms with van der Waals surface area (Å²) in [7, 11) is 0. The zero-order valence-corrected chi connectivity index (χ0v) is 12.7. The smallest absolute Gasteiger partial charge is 0.260 e. The van der Waals surface area contributed by atoms with Gasteiger partial charge in [0.1, 0.15) is 11.8 Å². The third-order valence-corrected chi connectivity index (χ3v) is 3.59. The molecule has 5 heteroatoms. The molecule has 1 aromatic carbocycles. The summed E-state index contributed by atoms with van der Waals surface area (Å²) in [5, 5.41) is 21.8. The van der Waals surface area contributed by atoms with E-state index in [2.05, 4.69) is 5.32 Å². The minimum Gasteiger partial charge on any atom is -0.480 e. The van der Waals surface area contributed by atoms with Crippen molar-refractivity contribution in [2.75, 3.05) is 6.54 Å². The number of hydrogen-bond donors (Lipinski definition) is 2. The Labute approximate surface area is 125 Å². The minimum atomic E-state index is -0.889. The lowest BCUT2D eigenvalue weighted by molar-refractivity contribution is -0.128. The predicted molar refractivity (Wildman–Crippen MR) is 79.8 cm³/mol. The van der Waals surface area contributed by atoms with Gasteiger partial charge in [0.2, 0.25) is 0 Å². The van der Waals surface area contributed by atoms with Gasteiger partial charge >= 0.3 is 0 Å². The average Bonchev–Trinajstić information content (AvgIpc) is 2.52. The average molecular weight is 290 g/mol. The van der Waals surface area contributed by atoms with E-state index in [9.17, 15) is 9.90 Å². The van der Waals surface area contributed by atoms with Gasteiger partial charge in [0.15, 0.2) is 6.10 Å². The lowest BCUT2D eigenvalue weighted by Gasteiger charge is -2.26. The molecule has 5 nitrogen and oxygen atoms in total. The van der Waals surface area contributed by atoms with Crippen LogP contribution < -0.4 is 10.1 Å². The molecule has 114 valence electrons. The zero-order valence-electron chi connectivity index (χ0n) is 12.7. The van der Waals surface area contributed by atoms with Crippen molar-refractivity contribution in [2.24, 2.45) is 0 Å². The molecular weight excluding hydrogens is 268 g/mol. The standard InChI is InChI=1S/C16H22N2O3/c1-4-16(20,5-2)11-18-15(19)12(3)21-14-9-7-6-8-13(14)10-17/h6-9,12,20H,4-5,11H2,1-3H3,(H,18,19). The van der Waals surface area contributed by atoms with E-state index < -0.39 is 11.7 Å². The second-order valence-corrected chi connectivity index (χ2v) is 5.02. The van der Waals surface area contributed by atoms with Gasteiger partial charge in [0.05, 0.1) is 11.2 Å². The van der Waals surface area contributed by atoms with E-state index in [1.54, 1.807) is 31.2 Å². The Morgan fingerprint density at radius 3 is 2.62 bits per heavy atom. The number of ether oxygens (including phenoxy) is 1. The summed E-state index contributed by atoms with van der Waals surface area (Å²) in [5.74, 6) is 0.0620. The van der Waals surface area contributed by atoms with Crippen LogP contribution in [0.5, 0.6) is 5.75 Å². The first kappa shape index (κ1) is 17.0. The molecule has 0 radical (unpaired) electrons. The van der Waals surface area contributed by atoms with Gasteiger partial charge in [-0.2, -0.15) is 5.26 Å². The van der Waals surface area contributed by atoms with E-state index in [4.69, 9.17) is 10.00 Å². The fraction of sp³-hybridized carbons (Fsp3) is 0.500. The maximum absolute atomic E-state index is 12.0. The summed E-state index contributed by atoms with van der Waals surface area (Å²) in [6, 6.07) is 8.78. The van der Waals surface area contributed by atoms with E-state index in [0.717, 1.165) is 0 Å². The molecule has 0 aliphatic heterocycles. The maximum Gasteiger partial charge on any atom is 0.260 e. The summed E-state index contributed by atoms with van der Waals surface area (Å²) >= 11 is 0. The van der Waals surface area contributed by atoms with Gasteiger partial charge in [-0.25, -0.2) is 0 Å². The van der Waals surface area contributed by atoms with Crippen LogP contribution in [0.15, 0.2) is 24.3 Å². The van der Waals surface area contributed by atoms with Crippen LogP contribution in [0.2, 0.25) is 0 Å². The fourth-order valence-electron chi connectivity index (χ4n) is 1.80. The highest BCUT2D eigenvalue weighted by molar-refractivity contribution is 5.80. The van der Waals surface area contributed by atoms with Crippen LogP contribution in [0.25, 0.3) is 0 Å². The summed E-state index contributed by atoms with van der Waals surface area (Å²) in [6.45, 7) is 5.55. The second-order valence-electron chi connectivity index (χ2n) is 5.02. The molecule has 0 aromatic heterocycles. The van der Waals surface area contributed by atoms with Gasteiger partial charge < -0.3 is 15.2 Å². The summed E-state index contributed by atoms with van der Waals surface area (Å²) in [4.78, 5) is 12.0. The number of rotatable bonds is 7. The van der Waals surface area contributed by atoms with Gasteiger partial charge in [-0.15, -0.1) is 0 Å². The molecule has 1 aromatic rings. The van der Waals surface area contributed by atoms with Gasteiger partial charge in [0.25, 0.3) is 5.91 Å².